The van der Waals surface area contributed by atoms with E-state index in [0.29, 0.717) is 31.6 Å². The van der Waals surface area contributed by atoms with Gasteiger partial charge in [0, 0.05) is 18.8 Å². The lowest BCUT2D eigenvalue weighted by molar-refractivity contribution is -0.136. The molecule has 1 aromatic rings. The second-order valence-electron chi connectivity index (χ2n) is 9.19. The molecular formula is C23H31N5O4. The Bertz CT molecular complexity index is 927. The van der Waals surface area contributed by atoms with Gasteiger partial charge in [0.05, 0.1) is 5.92 Å². The normalized spacial score (nSPS) is 23.9. The number of para-hydroxylation sites is 1. The fourth-order valence-electron chi connectivity index (χ4n) is 5.12. The van der Waals surface area contributed by atoms with Crippen LogP contribution in [0.1, 0.15) is 51.0 Å². The summed E-state index contributed by atoms with van der Waals surface area (Å²) in [5, 5.41) is 5.72. The van der Waals surface area contributed by atoms with Gasteiger partial charge >= 0.3 is 6.03 Å². The van der Waals surface area contributed by atoms with Crippen molar-refractivity contribution in [3.05, 3.63) is 29.8 Å². The van der Waals surface area contributed by atoms with Crippen molar-refractivity contribution in [2.75, 3.05) is 18.4 Å². The van der Waals surface area contributed by atoms with Crippen LogP contribution < -0.4 is 16.4 Å². The minimum absolute atomic E-state index is 0.159. The summed E-state index contributed by atoms with van der Waals surface area (Å²) in [7, 11) is 0. The number of imide groups is 1. The SMILES string of the molecule is CC(C(=O)Nc1ccccc1CN1CCCC(C(N)=O)C1)N1C(=O)NC2(CCCC2)C1=O. The molecule has 3 aliphatic rings. The number of primary amides is 1. The highest BCUT2D eigenvalue weighted by molar-refractivity contribution is 6.11. The van der Waals surface area contributed by atoms with E-state index in [2.05, 4.69) is 15.5 Å². The molecule has 0 aromatic heterocycles. The molecule has 4 rings (SSSR count). The molecule has 5 amide bonds. The van der Waals surface area contributed by atoms with E-state index in [-0.39, 0.29) is 17.7 Å². The first-order chi connectivity index (χ1) is 15.3. The van der Waals surface area contributed by atoms with E-state index in [1.54, 1.807) is 13.0 Å². The van der Waals surface area contributed by atoms with Gasteiger partial charge in [-0.2, -0.15) is 0 Å². The topological polar surface area (TPSA) is 125 Å². The van der Waals surface area contributed by atoms with Crippen LogP contribution in [0.25, 0.3) is 0 Å². The lowest BCUT2D eigenvalue weighted by atomic mass is 9.97. The number of carbonyl (C=O) groups excluding carboxylic acids is 4. The van der Waals surface area contributed by atoms with E-state index in [0.717, 1.165) is 42.7 Å². The van der Waals surface area contributed by atoms with Crippen molar-refractivity contribution in [2.45, 2.75) is 63.6 Å². The number of hydrogen-bond donors (Lipinski definition) is 3. The number of rotatable bonds is 6. The van der Waals surface area contributed by atoms with Crippen LogP contribution in [-0.2, 0) is 20.9 Å². The number of nitrogens with zero attached hydrogens (tertiary/aromatic N) is 2. The molecule has 1 aromatic carbocycles. The Kier molecular flexibility index (Phi) is 6.19. The van der Waals surface area contributed by atoms with Crippen LogP contribution in [0.15, 0.2) is 24.3 Å². The molecule has 4 N–H and O–H groups in total. The summed E-state index contributed by atoms with van der Waals surface area (Å²) in [6.07, 6.45) is 4.71. The van der Waals surface area contributed by atoms with Gasteiger partial charge in [0.25, 0.3) is 5.91 Å². The van der Waals surface area contributed by atoms with Crippen molar-refractivity contribution in [1.82, 2.24) is 15.1 Å². The Labute approximate surface area is 187 Å². The van der Waals surface area contributed by atoms with Crippen LogP contribution in [0, 0.1) is 5.92 Å². The van der Waals surface area contributed by atoms with E-state index >= 15 is 0 Å². The Balaban J connectivity index is 1.44. The molecule has 2 heterocycles. The molecule has 3 fully saturated rings. The molecule has 9 heteroatoms. The minimum Gasteiger partial charge on any atom is -0.369 e. The minimum atomic E-state index is -0.926. The molecular weight excluding hydrogens is 410 g/mol. The lowest BCUT2D eigenvalue weighted by Crippen LogP contribution is -2.48. The number of amides is 5. The predicted octanol–water partition coefficient (Wildman–Crippen LogP) is 1.58. The maximum atomic E-state index is 13.0. The number of anilines is 1. The van der Waals surface area contributed by atoms with Crippen molar-refractivity contribution >= 4 is 29.4 Å². The number of nitrogens with two attached hydrogens (primary N) is 1. The fourth-order valence-corrected chi connectivity index (χ4v) is 5.12. The average molecular weight is 442 g/mol. The van der Waals surface area contributed by atoms with Gasteiger partial charge < -0.3 is 16.4 Å². The summed E-state index contributed by atoms with van der Waals surface area (Å²) in [6, 6.07) is 6.02. The predicted molar refractivity (Wildman–Crippen MR) is 118 cm³/mol. The maximum absolute atomic E-state index is 13.0. The van der Waals surface area contributed by atoms with Gasteiger partial charge in [0.15, 0.2) is 0 Å². The van der Waals surface area contributed by atoms with E-state index < -0.39 is 23.5 Å². The molecule has 1 spiro atoms. The van der Waals surface area contributed by atoms with Gasteiger partial charge in [-0.1, -0.05) is 31.0 Å². The van der Waals surface area contributed by atoms with E-state index in [1.807, 2.05) is 18.2 Å². The van der Waals surface area contributed by atoms with Crippen LogP contribution in [0.3, 0.4) is 0 Å². The van der Waals surface area contributed by atoms with Crippen LogP contribution in [0.2, 0.25) is 0 Å². The first kappa shape index (κ1) is 22.3. The molecule has 2 unspecified atom stereocenters. The van der Waals surface area contributed by atoms with Crippen molar-refractivity contribution in [3.8, 4) is 0 Å². The zero-order valence-corrected chi connectivity index (χ0v) is 18.4. The highest BCUT2D eigenvalue weighted by Gasteiger charge is 2.54. The van der Waals surface area contributed by atoms with Crippen molar-refractivity contribution < 1.29 is 19.2 Å². The zero-order chi connectivity index (χ0) is 22.9. The van der Waals surface area contributed by atoms with Gasteiger partial charge in [-0.25, -0.2) is 9.69 Å². The third-order valence-electron chi connectivity index (χ3n) is 6.99. The summed E-state index contributed by atoms with van der Waals surface area (Å²) in [6.45, 7) is 3.60. The average Bonchev–Trinajstić information content (AvgIpc) is 3.33. The Hall–Kier alpha value is -2.94. The molecule has 32 heavy (non-hydrogen) atoms. The number of urea groups is 1. The Morgan fingerprint density at radius 2 is 1.94 bits per heavy atom. The molecule has 172 valence electrons. The third-order valence-corrected chi connectivity index (χ3v) is 6.99. The monoisotopic (exact) mass is 441 g/mol. The van der Waals surface area contributed by atoms with Crippen molar-refractivity contribution in [2.24, 2.45) is 11.7 Å². The smallest absolute Gasteiger partial charge is 0.325 e. The van der Waals surface area contributed by atoms with E-state index in [4.69, 9.17) is 5.73 Å². The van der Waals surface area contributed by atoms with Gasteiger partial charge in [-0.05, 0) is 50.8 Å². The second-order valence-corrected chi connectivity index (χ2v) is 9.19. The van der Waals surface area contributed by atoms with Crippen molar-refractivity contribution in [1.29, 1.82) is 0 Å². The van der Waals surface area contributed by atoms with Crippen molar-refractivity contribution in [3.63, 3.8) is 0 Å². The highest BCUT2D eigenvalue weighted by Crippen LogP contribution is 2.36. The van der Waals surface area contributed by atoms with Gasteiger partial charge in [0.1, 0.15) is 11.6 Å². The molecule has 0 radical (unpaired) electrons. The number of likely N-dealkylation sites (tertiary alicyclic amines) is 1. The maximum Gasteiger partial charge on any atom is 0.325 e. The summed E-state index contributed by atoms with van der Waals surface area (Å²) in [5.41, 5.74) is 6.19. The molecule has 1 aliphatic carbocycles. The Morgan fingerprint density at radius 1 is 1.22 bits per heavy atom. The summed E-state index contributed by atoms with van der Waals surface area (Å²) < 4.78 is 0. The number of piperidine rings is 1. The summed E-state index contributed by atoms with van der Waals surface area (Å²) in [4.78, 5) is 53.3. The highest BCUT2D eigenvalue weighted by atomic mass is 16.2. The number of nitrogens with one attached hydrogen (secondary N) is 2. The largest absolute Gasteiger partial charge is 0.369 e. The number of benzene rings is 1. The lowest BCUT2D eigenvalue weighted by Gasteiger charge is -2.31. The van der Waals surface area contributed by atoms with Crippen LogP contribution in [-0.4, -0.2) is 58.2 Å². The fraction of sp³-hybridized carbons (Fsp3) is 0.565. The summed E-state index contributed by atoms with van der Waals surface area (Å²) >= 11 is 0. The van der Waals surface area contributed by atoms with Gasteiger partial charge in [-0.3, -0.25) is 19.3 Å². The molecule has 0 bridgehead atoms. The van der Waals surface area contributed by atoms with Gasteiger partial charge in [-0.15, -0.1) is 0 Å². The van der Waals surface area contributed by atoms with E-state index in [1.165, 1.54) is 0 Å². The van der Waals surface area contributed by atoms with E-state index in [9.17, 15) is 19.2 Å². The molecule has 1 saturated carbocycles. The molecule has 2 atom stereocenters. The molecule has 2 saturated heterocycles. The third kappa shape index (κ3) is 4.21. The van der Waals surface area contributed by atoms with Crippen LogP contribution >= 0.6 is 0 Å². The van der Waals surface area contributed by atoms with Crippen LogP contribution in [0.4, 0.5) is 10.5 Å². The molecule has 2 aliphatic heterocycles. The van der Waals surface area contributed by atoms with Crippen LogP contribution in [0.5, 0.6) is 0 Å². The first-order valence-corrected chi connectivity index (χ1v) is 11.4. The standard InChI is InChI=1S/C23H31N5O4/c1-15(28-21(31)23(26-22(28)32)10-4-5-11-23)20(30)25-18-9-3-2-7-16(18)13-27-12-6-8-17(14-27)19(24)29/h2-3,7,9,15,17H,4-6,8,10-14H2,1H3,(H2,24,29)(H,25,30)(H,26,32). The number of carbonyl (C=O) groups is 4. The number of hydrogen-bond acceptors (Lipinski definition) is 5. The summed E-state index contributed by atoms with van der Waals surface area (Å²) in [5.74, 6) is -1.15. The first-order valence-electron chi connectivity index (χ1n) is 11.4. The Morgan fingerprint density at radius 3 is 2.66 bits per heavy atom. The van der Waals surface area contributed by atoms with Gasteiger partial charge in [0.2, 0.25) is 11.8 Å². The molecule has 9 nitrogen and oxygen atoms in total. The second kappa shape index (κ2) is 8.90. The quantitative estimate of drug-likeness (QED) is 0.578. The zero-order valence-electron chi connectivity index (χ0n) is 18.4.